The van der Waals surface area contributed by atoms with Crippen LogP contribution in [0, 0.1) is 24.0 Å². The Kier molecular flexibility index (Phi) is 17.8. The number of aromatic nitrogens is 6. The molecule has 428 valence electrons. The molecule has 1 fully saturated rings. The highest BCUT2D eigenvalue weighted by Gasteiger charge is 2.44. The maximum absolute atomic E-state index is 14.5. The van der Waals surface area contributed by atoms with Crippen LogP contribution in [0.25, 0.3) is 50.3 Å². The maximum atomic E-state index is 14.5. The van der Waals surface area contributed by atoms with Crippen molar-refractivity contribution in [3.05, 3.63) is 137 Å². The first-order valence-electron chi connectivity index (χ1n) is 25.7. The highest BCUT2D eigenvalue weighted by Crippen LogP contribution is 2.34. The molecule has 1 saturated heterocycles. The third-order valence-electron chi connectivity index (χ3n) is 13.2. The lowest BCUT2D eigenvalue weighted by Gasteiger charge is -2.35. The van der Waals surface area contributed by atoms with Crippen LogP contribution in [0.1, 0.15) is 48.8 Å². The van der Waals surface area contributed by atoms with Crippen molar-refractivity contribution in [3.8, 4) is 50.5 Å². The van der Waals surface area contributed by atoms with Crippen molar-refractivity contribution in [2.24, 2.45) is 5.41 Å². The summed E-state index contributed by atoms with van der Waals surface area (Å²) in [5.74, 6) is -4.16. The zero-order chi connectivity index (χ0) is 58.3. The Labute approximate surface area is 473 Å². The van der Waals surface area contributed by atoms with Crippen LogP contribution in [-0.2, 0) is 40.4 Å². The fourth-order valence-corrected chi connectivity index (χ4v) is 11.0. The molecular weight excluding hydrogens is 1100 g/mol. The SMILES string of the molecule is COc1ncc(-c2ccc3ncc(-c4nnc(-c5ccccc5C(=O)NCCOCCOCC(=O)N[C@H](C(=O)N5C[C@H](O)C[C@H]5C(=O)NCc5ccc(-c6scnc6C)cc5)C(C)(C)C)o4)n3c2)cc1NS(=O)(=O)c1ccc(F)cc1F. The van der Waals surface area contributed by atoms with Crippen molar-refractivity contribution in [2.75, 3.05) is 51.3 Å². The molecule has 5 aromatic heterocycles. The molecule has 0 unspecified atom stereocenters. The van der Waals surface area contributed by atoms with Gasteiger partial charge in [-0.1, -0.05) is 57.2 Å². The number of pyridine rings is 2. The summed E-state index contributed by atoms with van der Waals surface area (Å²) in [5.41, 5.74) is 6.13. The molecule has 22 nitrogen and oxygen atoms in total. The number of likely N-dealkylation sites (tertiary alicyclic amines) is 1. The third-order valence-corrected chi connectivity index (χ3v) is 15.6. The van der Waals surface area contributed by atoms with Gasteiger partial charge in [0.25, 0.3) is 21.8 Å². The number of aliphatic hydroxyl groups is 1. The van der Waals surface area contributed by atoms with Gasteiger partial charge < -0.3 is 44.6 Å². The van der Waals surface area contributed by atoms with E-state index in [-0.39, 0.29) is 81.4 Å². The Morgan fingerprint density at radius 1 is 0.878 bits per heavy atom. The van der Waals surface area contributed by atoms with Crippen LogP contribution in [0.3, 0.4) is 0 Å². The van der Waals surface area contributed by atoms with Gasteiger partial charge in [-0.3, -0.25) is 28.3 Å². The summed E-state index contributed by atoms with van der Waals surface area (Å²) in [5, 5.41) is 27.6. The minimum Gasteiger partial charge on any atom is -0.480 e. The minimum atomic E-state index is -4.54. The number of sulfonamides is 1. The number of carbonyl (C=O) groups is 4. The Hall–Kier alpha value is -8.56. The van der Waals surface area contributed by atoms with E-state index in [1.165, 1.54) is 30.5 Å². The van der Waals surface area contributed by atoms with Gasteiger partial charge in [-0.25, -0.2) is 32.2 Å². The van der Waals surface area contributed by atoms with Crippen molar-refractivity contribution in [1.82, 2.24) is 50.4 Å². The number of methoxy groups -OCH3 is 1. The second kappa shape index (κ2) is 25.1. The number of rotatable bonds is 22. The molecule has 1 aliphatic heterocycles. The van der Waals surface area contributed by atoms with Gasteiger partial charge in [0.1, 0.15) is 52.2 Å². The van der Waals surface area contributed by atoms with Crippen molar-refractivity contribution >= 4 is 56.3 Å². The highest BCUT2D eigenvalue weighted by atomic mass is 32.2. The largest absolute Gasteiger partial charge is 0.480 e. The zero-order valence-corrected chi connectivity index (χ0v) is 46.6. The number of β-amino-alcohol motifs (C(OH)–C–C–N with tert-alkyl or cyclic N) is 1. The number of aliphatic hydroxyl groups excluding tert-OH is 1. The Balaban J connectivity index is 0.740. The first-order valence-corrected chi connectivity index (χ1v) is 28.1. The monoisotopic (exact) mass is 1160 g/mol. The number of benzene rings is 3. The average Bonchev–Trinajstić information content (AvgIpc) is 4.43. The molecule has 1 aliphatic rings. The summed E-state index contributed by atoms with van der Waals surface area (Å²) in [4.78, 5) is 68.8. The molecule has 0 spiro atoms. The summed E-state index contributed by atoms with van der Waals surface area (Å²) in [6.07, 6.45) is 3.76. The molecule has 3 aromatic carbocycles. The molecule has 3 atom stereocenters. The lowest BCUT2D eigenvalue weighted by atomic mass is 9.85. The molecule has 0 saturated carbocycles. The molecule has 6 heterocycles. The Bertz CT molecular complexity index is 3760. The first-order chi connectivity index (χ1) is 39.3. The van der Waals surface area contributed by atoms with Gasteiger partial charge in [0.15, 0.2) is 0 Å². The molecule has 26 heteroatoms. The van der Waals surface area contributed by atoms with Gasteiger partial charge in [-0.2, -0.15) is 0 Å². The molecule has 4 amide bonds. The second-order valence-corrected chi connectivity index (χ2v) is 22.6. The lowest BCUT2D eigenvalue weighted by Crippen LogP contribution is -2.58. The normalized spacial score (nSPS) is 14.9. The van der Waals surface area contributed by atoms with Crippen LogP contribution in [0.2, 0.25) is 0 Å². The van der Waals surface area contributed by atoms with E-state index in [9.17, 15) is 41.5 Å². The number of nitrogens with zero attached hydrogens (tertiary/aromatic N) is 7. The van der Waals surface area contributed by atoms with Crippen molar-refractivity contribution in [3.63, 3.8) is 0 Å². The van der Waals surface area contributed by atoms with Crippen LogP contribution in [-0.4, -0.2) is 136 Å². The molecule has 8 aromatic rings. The van der Waals surface area contributed by atoms with E-state index in [1.54, 1.807) is 84.6 Å². The molecule has 9 rings (SSSR count). The summed E-state index contributed by atoms with van der Waals surface area (Å²) < 4.78 is 80.9. The molecule has 0 radical (unpaired) electrons. The first kappa shape index (κ1) is 58.1. The number of aryl methyl sites for hydroxylation is 1. The van der Waals surface area contributed by atoms with Crippen molar-refractivity contribution < 1.29 is 60.1 Å². The fraction of sp³-hybridized carbons (Fsp3) is 0.304. The second-order valence-electron chi connectivity index (χ2n) is 20.1. The van der Waals surface area contributed by atoms with Gasteiger partial charge >= 0.3 is 0 Å². The van der Waals surface area contributed by atoms with Gasteiger partial charge in [0.2, 0.25) is 29.5 Å². The Morgan fingerprint density at radius 2 is 1.63 bits per heavy atom. The van der Waals surface area contributed by atoms with Crippen LogP contribution in [0.15, 0.2) is 118 Å². The smallest absolute Gasteiger partial charge is 0.266 e. The molecule has 5 N–H and O–H groups in total. The Morgan fingerprint density at radius 3 is 2.38 bits per heavy atom. The third kappa shape index (κ3) is 13.4. The number of nitrogens with one attached hydrogen (secondary N) is 4. The number of imidazole rings is 1. The van der Waals surface area contributed by atoms with Gasteiger partial charge in [-0.15, -0.1) is 21.5 Å². The van der Waals surface area contributed by atoms with Gasteiger partial charge in [0, 0.05) is 55.6 Å². The number of carbonyl (C=O) groups excluding carboxylic acids is 4. The predicted molar refractivity (Wildman–Crippen MR) is 296 cm³/mol. The summed E-state index contributed by atoms with van der Waals surface area (Å²) >= 11 is 1.55. The van der Waals surface area contributed by atoms with E-state index < -0.39 is 73.8 Å². The number of anilines is 1. The summed E-state index contributed by atoms with van der Waals surface area (Å²) in [6, 6.07) is 19.4. The topological polar surface area (TPSA) is 284 Å². The lowest BCUT2D eigenvalue weighted by molar-refractivity contribution is -0.144. The standard InChI is InChI=1S/C56H57F2N11O11S2/c1-32-48(81-31-63-32)34-12-10-33(11-13-34)25-61-51(73)43-24-38(70)29-69(43)55(74)49(56(2,3)4)64-47(71)30-79-21-20-78-19-18-59-50(72)39-8-6-7-9-40(39)52-65-66-54(80-52)44-27-60-46-17-14-35(28-68(44)46)36-22-42(53(77-5)62-26-36)67-82(75,76)45-16-15-37(57)23-41(45)58/h6-17,22-23,26-28,31,38,43,49,67,70H,18-21,24-25,29-30H2,1-5H3,(H,59,72)(H,61,73)(H,64,71)/t38-,43+,49-/m1/s1. The van der Waals surface area contributed by atoms with Crippen molar-refractivity contribution in [2.45, 2.75) is 63.7 Å². The molecule has 0 bridgehead atoms. The minimum absolute atomic E-state index is 0.0204. The number of halogens is 2. The average molecular weight is 1160 g/mol. The zero-order valence-electron chi connectivity index (χ0n) is 45.0. The van der Waals surface area contributed by atoms with Crippen molar-refractivity contribution in [1.29, 1.82) is 0 Å². The predicted octanol–water partition coefficient (Wildman–Crippen LogP) is 6.20. The summed E-state index contributed by atoms with van der Waals surface area (Å²) in [6.45, 7) is 7.38. The number of fused-ring (bicyclic) bond motifs is 1. The molecular formula is C56H57F2N11O11S2. The van der Waals surface area contributed by atoms with Crippen LogP contribution >= 0.6 is 11.3 Å². The van der Waals surface area contributed by atoms with Crippen LogP contribution in [0.5, 0.6) is 5.88 Å². The van der Waals surface area contributed by atoms with Gasteiger partial charge in [-0.05, 0) is 65.9 Å². The van der Waals surface area contributed by atoms with E-state index in [0.29, 0.717) is 34.1 Å². The van der Waals surface area contributed by atoms with E-state index in [2.05, 4.69) is 45.8 Å². The highest BCUT2D eigenvalue weighted by molar-refractivity contribution is 7.92. The summed E-state index contributed by atoms with van der Waals surface area (Å²) in [7, 11) is -3.26. The number of thiazole rings is 1. The van der Waals surface area contributed by atoms with Crippen LogP contribution < -0.4 is 25.4 Å². The molecule has 82 heavy (non-hydrogen) atoms. The van der Waals surface area contributed by atoms with Gasteiger partial charge in [0.05, 0.1) is 66.4 Å². The number of hydrogen-bond donors (Lipinski definition) is 5. The quantitative estimate of drug-likeness (QED) is 0.0472. The van der Waals surface area contributed by atoms with Crippen LogP contribution in [0.4, 0.5) is 14.5 Å². The van der Waals surface area contributed by atoms with E-state index in [4.69, 9.17) is 18.6 Å². The number of amides is 4. The number of ether oxygens (including phenoxy) is 3. The van der Waals surface area contributed by atoms with E-state index in [1.807, 2.05) is 31.2 Å². The van der Waals surface area contributed by atoms with E-state index in [0.717, 1.165) is 33.8 Å². The number of hydrogen-bond acceptors (Lipinski definition) is 17. The fourth-order valence-electron chi connectivity index (χ4n) is 9.05. The van der Waals surface area contributed by atoms with E-state index >= 15 is 0 Å². The molecule has 0 aliphatic carbocycles. The maximum Gasteiger partial charge on any atom is 0.266 e.